The first-order chi connectivity index (χ1) is 17.6. The standard InChI is InChI=1S/C26H29F3IN3O4/c1-16(35)37-26(12-31-25(15-34)9-3-2-4-10-25)13-33(14-26)24(36)18-6-7-19(27)22(29)23(18)32-21-8-5-17(30)11-20(21)28/h5-8,11,31-32,34H,2-4,9-10,12-15H2,1H3. The van der Waals surface area contributed by atoms with Gasteiger partial charge in [-0.1, -0.05) is 19.3 Å². The zero-order chi connectivity index (χ0) is 26.8. The first-order valence-electron chi connectivity index (χ1n) is 12.1. The Kier molecular flexibility index (Phi) is 8.34. The van der Waals surface area contributed by atoms with Crippen molar-refractivity contribution in [2.45, 2.75) is 50.2 Å². The van der Waals surface area contributed by atoms with E-state index in [4.69, 9.17) is 4.74 Å². The predicted octanol–water partition coefficient (Wildman–Crippen LogP) is 4.49. The number of carbonyl (C=O) groups excluding carboxylic acids is 2. The maximum absolute atomic E-state index is 14.8. The molecule has 0 spiro atoms. The van der Waals surface area contributed by atoms with Gasteiger partial charge < -0.3 is 25.4 Å². The van der Waals surface area contributed by atoms with E-state index in [0.717, 1.165) is 44.2 Å². The number of anilines is 2. The molecule has 1 aliphatic heterocycles. The number of nitrogens with one attached hydrogen (secondary N) is 2. The number of amides is 1. The lowest BCUT2D eigenvalue weighted by Crippen LogP contribution is -2.70. The Hall–Kier alpha value is -2.38. The number of esters is 1. The lowest BCUT2D eigenvalue weighted by atomic mass is 9.81. The van der Waals surface area contributed by atoms with Crippen molar-refractivity contribution in [1.82, 2.24) is 10.2 Å². The van der Waals surface area contributed by atoms with Crippen molar-refractivity contribution in [3.63, 3.8) is 0 Å². The van der Waals surface area contributed by atoms with E-state index in [0.29, 0.717) is 3.57 Å². The number of likely N-dealkylation sites (tertiary alicyclic amines) is 1. The minimum Gasteiger partial charge on any atom is -0.454 e. The monoisotopic (exact) mass is 631 g/mol. The summed E-state index contributed by atoms with van der Waals surface area (Å²) in [6.07, 6.45) is 4.64. The van der Waals surface area contributed by atoms with E-state index in [9.17, 15) is 27.9 Å². The number of ether oxygens (including phenoxy) is 1. The van der Waals surface area contributed by atoms with Gasteiger partial charge in [0.2, 0.25) is 0 Å². The van der Waals surface area contributed by atoms with Gasteiger partial charge in [0, 0.05) is 22.6 Å². The molecule has 0 unspecified atom stereocenters. The van der Waals surface area contributed by atoms with Crippen molar-refractivity contribution in [3.8, 4) is 0 Å². The Morgan fingerprint density at radius 2 is 1.78 bits per heavy atom. The highest BCUT2D eigenvalue weighted by Gasteiger charge is 2.50. The van der Waals surface area contributed by atoms with Crippen LogP contribution in [0.1, 0.15) is 49.4 Å². The Morgan fingerprint density at radius 3 is 2.41 bits per heavy atom. The zero-order valence-corrected chi connectivity index (χ0v) is 22.5. The molecule has 1 aliphatic carbocycles. The maximum atomic E-state index is 14.8. The largest absolute Gasteiger partial charge is 0.454 e. The first kappa shape index (κ1) is 27.6. The molecule has 0 aromatic heterocycles. The molecule has 2 aromatic carbocycles. The van der Waals surface area contributed by atoms with Gasteiger partial charge in [-0.2, -0.15) is 0 Å². The summed E-state index contributed by atoms with van der Waals surface area (Å²) in [6.45, 7) is 1.51. The molecule has 11 heteroatoms. The fourth-order valence-corrected chi connectivity index (χ4v) is 5.48. The molecule has 0 radical (unpaired) electrons. The molecule has 2 aliphatic rings. The molecule has 4 rings (SSSR count). The second-order valence-corrected chi connectivity index (χ2v) is 11.1. The summed E-state index contributed by atoms with van der Waals surface area (Å²) in [4.78, 5) is 26.6. The Labute approximate surface area is 226 Å². The summed E-state index contributed by atoms with van der Waals surface area (Å²) in [7, 11) is 0. The molecule has 3 N–H and O–H groups in total. The van der Waals surface area contributed by atoms with E-state index in [-0.39, 0.29) is 37.5 Å². The van der Waals surface area contributed by atoms with Crippen LogP contribution in [0.25, 0.3) is 0 Å². The third kappa shape index (κ3) is 6.04. The molecular formula is C26H29F3IN3O4. The van der Waals surface area contributed by atoms with Crippen molar-refractivity contribution in [3.05, 3.63) is 56.9 Å². The van der Waals surface area contributed by atoms with Crippen molar-refractivity contribution in [2.75, 3.05) is 31.6 Å². The van der Waals surface area contributed by atoms with Gasteiger partial charge in [-0.25, -0.2) is 13.2 Å². The van der Waals surface area contributed by atoms with E-state index in [1.807, 2.05) is 22.6 Å². The van der Waals surface area contributed by atoms with Crippen LogP contribution in [0.2, 0.25) is 0 Å². The molecule has 2 aromatic rings. The van der Waals surface area contributed by atoms with Crippen molar-refractivity contribution in [2.24, 2.45) is 0 Å². The topological polar surface area (TPSA) is 90.9 Å². The van der Waals surface area contributed by atoms with Crippen LogP contribution in [-0.4, -0.2) is 59.3 Å². The molecule has 1 amide bonds. The minimum atomic E-state index is -1.31. The lowest BCUT2D eigenvalue weighted by molar-refractivity contribution is -0.173. The molecule has 37 heavy (non-hydrogen) atoms. The van der Waals surface area contributed by atoms with Gasteiger partial charge in [0.05, 0.1) is 36.6 Å². The third-order valence-electron chi connectivity index (χ3n) is 7.02. The minimum absolute atomic E-state index is 0.0241. The highest BCUT2D eigenvalue weighted by molar-refractivity contribution is 14.1. The Morgan fingerprint density at radius 1 is 1.08 bits per heavy atom. The van der Waals surface area contributed by atoms with E-state index < -0.39 is 46.2 Å². The van der Waals surface area contributed by atoms with Crippen molar-refractivity contribution >= 4 is 45.8 Å². The number of rotatable bonds is 8. The number of aliphatic hydroxyl groups excluding tert-OH is 1. The predicted molar refractivity (Wildman–Crippen MR) is 140 cm³/mol. The van der Waals surface area contributed by atoms with Gasteiger partial charge in [-0.3, -0.25) is 9.59 Å². The van der Waals surface area contributed by atoms with Crippen LogP contribution in [-0.2, 0) is 9.53 Å². The summed E-state index contributed by atoms with van der Waals surface area (Å²) in [5.41, 5.74) is -2.25. The highest BCUT2D eigenvalue weighted by Crippen LogP contribution is 2.34. The molecule has 0 atom stereocenters. The molecule has 200 valence electrons. The van der Waals surface area contributed by atoms with Gasteiger partial charge in [-0.05, 0) is 65.8 Å². The van der Waals surface area contributed by atoms with Crippen LogP contribution in [0, 0.1) is 21.0 Å². The number of aliphatic hydroxyl groups is 1. The molecule has 7 nitrogen and oxygen atoms in total. The zero-order valence-electron chi connectivity index (χ0n) is 20.4. The normalized spacial score (nSPS) is 18.2. The van der Waals surface area contributed by atoms with Crippen molar-refractivity contribution in [1.29, 1.82) is 0 Å². The van der Waals surface area contributed by atoms with Crippen LogP contribution < -0.4 is 10.6 Å². The van der Waals surface area contributed by atoms with Gasteiger partial charge in [0.25, 0.3) is 5.91 Å². The van der Waals surface area contributed by atoms with E-state index >= 15 is 0 Å². The number of hydrogen-bond acceptors (Lipinski definition) is 6. The van der Waals surface area contributed by atoms with E-state index in [2.05, 4.69) is 10.6 Å². The van der Waals surface area contributed by atoms with Crippen molar-refractivity contribution < 1.29 is 32.6 Å². The fraction of sp³-hybridized carbons (Fsp3) is 0.462. The Bertz CT molecular complexity index is 1180. The SMILES string of the molecule is CC(=O)OC1(CNC2(CO)CCCCC2)CN(C(=O)c2ccc(F)c(F)c2Nc2ccc(I)cc2F)C1. The Balaban J connectivity index is 1.53. The van der Waals surface area contributed by atoms with Crippen LogP contribution in [0.5, 0.6) is 0 Å². The number of hydrogen-bond donors (Lipinski definition) is 3. The summed E-state index contributed by atoms with van der Waals surface area (Å²) < 4.78 is 49.5. The van der Waals surface area contributed by atoms with E-state index in [1.54, 1.807) is 6.07 Å². The number of halogens is 4. The van der Waals surface area contributed by atoms with Gasteiger partial charge in [0.1, 0.15) is 5.82 Å². The number of benzene rings is 2. The second kappa shape index (κ2) is 11.2. The maximum Gasteiger partial charge on any atom is 0.303 e. The average molecular weight is 631 g/mol. The molecular weight excluding hydrogens is 602 g/mol. The molecule has 1 saturated carbocycles. The second-order valence-electron chi connectivity index (χ2n) is 9.82. The van der Waals surface area contributed by atoms with Crippen LogP contribution in [0.4, 0.5) is 24.5 Å². The molecule has 1 heterocycles. The average Bonchev–Trinajstić information content (AvgIpc) is 2.84. The molecule has 2 fully saturated rings. The fourth-order valence-electron chi connectivity index (χ4n) is 5.03. The third-order valence-corrected chi connectivity index (χ3v) is 7.69. The quantitative estimate of drug-likeness (QED) is 0.294. The summed E-state index contributed by atoms with van der Waals surface area (Å²) in [6, 6.07) is 6.17. The van der Waals surface area contributed by atoms with Crippen LogP contribution in [0.15, 0.2) is 30.3 Å². The molecule has 1 saturated heterocycles. The summed E-state index contributed by atoms with van der Waals surface area (Å²) in [5, 5.41) is 15.9. The van der Waals surface area contributed by atoms with Gasteiger partial charge in [0.15, 0.2) is 17.2 Å². The van der Waals surface area contributed by atoms with E-state index in [1.165, 1.54) is 24.0 Å². The number of carbonyl (C=O) groups is 2. The van der Waals surface area contributed by atoms with Gasteiger partial charge >= 0.3 is 5.97 Å². The smallest absolute Gasteiger partial charge is 0.303 e. The summed E-state index contributed by atoms with van der Waals surface area (Å²) >= 11 is 1.92. The number of nitrogens with zero attached hydrogens (tertiary/aromatic N) is 1. The lowest BCUT2D eigenvalue weighted by Gasteiger charge is -2.50. The van der Waals surface area contributed by atoms with Gasteiger partial charge in [-0.15, -0.1) is 0 Å². The van der Waals surface area contributed by atoms with Crippen LogP contribution in [0.3, 0.4) is 0 Å². The first-order valence-corrected chi connectivity index (χ1v) is 13.2. The molecule has 0 bridgehead atoms. The highest BCUT2D eigenvalue weighted by atomic mass is 127. The van der Waals surface area contributed by atoms with Crippen LogP contribution >= 0.6 is 22.6 Å². The summed E-state index contributed by atoms with van der Waals surface area (Å²) in [5.74, 6) is -4.31.